The third-order valence-corrected chi connectivity index (χ3v) is 0.673. The van der Waals surface area contributed by atoms with Gasteiger partial charge in [0.2, 0.25) is 0 Å². The molecule has 0 aliphatic heterocycles. The maximum absolute atomic E-state index is 10.0. The zero-order valence-corrected chi connectivity index (χ0v) is 7.16. The molecule has 0 aromatic rings. The fourth-order valence-corrected chi connectivity index (χ4v) is 0.351. The minimum atomic E-state index is -0.981. The first kappa shape index (κ1) is 13.2. The third kappa shape index (κ3) is 23.5. The van der Waals surface area contributed by atoms with Gasteiger partial charge >= 0.3 is 5.97 Å². The highest BCUT2D eigenvalue weighted by Crippen LogP contribution is 1.80. The smallest absolute Gasteiger partial charge is 0.327 e. The Kier molecular flexibility index (Phi) is 8.40. The SMILES string of the molecule is C=CC(=O)O.CC(=O)CC(C)=O. The number of carboxylic acids is 1. The average molecular weight is 172 g/mol. The van der Waals surface area contributed by atoms with Gasteiger partial charge in [-0.2, -0.15) is 0 Å². The molecule has 0 aliphatic rings. The minimum Gasteiger partial charge on any atom is -0.478 e. The zero-order valence-electron chi connectivity index (χ0n) is 7.16. The Balaban J connectivity index is 0. The first-order valence-electron chi connectivity index (χ1n) is 3.24. The van der Waals surface area contributed by atoms with Crippen molar-refractivity contribution in [3.63, 3.8) is 0 Å². The Labute approximate surface area is 70.9 Å². The summed E-state index contributed by atoms with van der Waals surface area (Å²) in [6, 6.07) is 0. The standard InChI is InChI=1S/C5H8O2.C3H4O2/c1-4(6)3-5(2)7;1-2-3(4)5/h3H2,1-2H3;2H,1H2,(H,4,5). The fraction of sp³-hybridized carbons (Fsp3) is 0.375. The number of ketones is 2. The molecule has 0 saturated heterocycles. The largest absolute Gasteiger partial charge is 0.478 e. The molecule has 12 heavy (non-hydrogen) atoms. The number of hydrogen-bond acceptors (Lipinski definition) is 3. The highest BCUT2D eigenvalue weighted by Gasteiger charge is 1.94. The minimum absolute atomic E-state index is 0.0625. The molecule has 0 atom stereocenters. The van der Waals surface area contributed by atoms with E-state index in [4.69, 9.17) is 5.11 Å². The topological polar surface area (TPSA) is 71.4 Å². The van der Waals surface area contributed by atoms with Gasteiger partial charge in [-0.25, -0.2) is 4.79 Å². The van der Waals surface area contributed by atoms with Crippen LogP contribution in [0.5, 0.6) is 0 Å². The predicted molar refractivity (Wildman–Crippen MR) is 43.8 cm³/mol. The Morgan fingerprint density at radius 2 is 1.50 bits per heavy atom. The van der Waals surface area contributed by atoms with Gasteiger partial charge in [0, 0.05) is 6.08 Å². The first-order chi connectivity index (χ1) is 5.40. The van der Waals surface area contributed by atoms with Crippen LogP contribution in [0.25, 0.3) is 0 Å². The molecule has 1 N–H and O–H groups in total. The maximum Gasteiger partial charge on any atom is 0.327 e. The molecule has 0 radical (unpaired) electrons. The average Bonchev–Trinajstić information content (AvgIpc) is 1.85. The Morgan fingerprint density at radius 3 is 1.50 bits per heavy atom. The second-order valence-corrected chi connectivity index (χ2v) is 2.12. The Hall–Kier alpha value is -1.45. The van der Waals surface area contributed by atoms with Gasteiger partial charge in [-0.1, -0.05) is 6.58 Å². The van der Waals surface area contributed by atoms with Crippen LogP contribution in [0.3, 0.4) is 0 Å². The van der Waals surface area contributed by atoms with Crippen LogP contribution in [-0.2, 0) is 14.4 Å². The van der Waals surface area contributed by atoms with Crippen molar-refractivity contribution in [2.75, 3.05) is 0 Å². The van der Waals surface area contributed by atoms with E-state index < -0.39 is 5.97 Å². The Morgan fingerprint density at radius 1 is 1.25 bits per heavy atom. The molecule has 0 fully saturated rings. The van der Waals surface area contributed by atoms with Gasteiger partial charge in [-0.05, 0) is 13.8 Å². The summed E-state index contributed by atoms with van der Waals surface area (Å²) in [5.41, 5.74) is 0. The van der Waals surface area contributed by atoms with Crippen LogP contribution in [0.2, 0.25) is 0 Å². The summed E-state index contributed by atoms with van der Waals surface area (Å²) >= 11 is 0. The van der Waals surface area contributed by atoms with Crippen LogP contribution >= 0.6 is 0 Å². The van der Waals surface area contributed by atoms with E-state index in [9.17, 15) is 14.4 Å². The monoisotopic (exact) mass is 172 g/mol. The highest BCUT2D eigenvalue weighted by atomic mass is 16.4. The molecule has 68 valence electrons. The summed E-state index contributed by atoms with van der Waals surface area (Å²) in [5, 5.41) is 7.60. The fourth-order valence-electron chi connectivity index (χ4n) is 0.351. The molecule has 0 aromatic heterocycles. The normalized spacial score (nSPS) is 7.50. The molecule has 0 amide bonds. The lowest BCUT2D eigenvalue weighted by Gasteiger charge is -1.81. The molecule has 0 unspecified atom stereocenters. The Bertz CT molecular complexity index is 181. The van der Waals surface area contributed by atoms with E-state index in [1.807, 2.05) is 0 Å². The third-order valence-electron chi connectivity index (χ3n) is 0.673. The van der Waals surface area contributed by atoms with Gasteiger partial charge in [0.15, 0.2) is 0 Å². The number of rotatable bonds is 3. The maximum atomic E-state index is 10.0. The van der Waals surface area contributed by atoms with Crippen molar-refractivity contribution in [3.8, 4) is 0 Å². The summed E-state index contributed by atoms with van der Waals surface area (Å²) in [6.07, 6.45) is 0.917. The van der Waals surface area contributed by atoms with Crippen LogP contribution in [0.4, 0.5) is 0 Å². The van der Waals surface area contributed by atoms with E-state index in [0.29, 0.717) is 0 Å². The molecule has 0 spiro atoms. The number of Topliss-reactive ketones (excluding diaryl/α,β-unsaturated/α-hetero) is 2. The molecule has 0 saturated carbocycles. The van der Waals surface area contributed by atoms with Crippen molar-refractivity contribution in [2.24, 2.45) is 0 Å². The van der Waals surface area contributed by atoms with Crippen molar-refractivity contribution >= 4 is 17.5 Å². The summed E-state index contributed by atoms with van der Waals surface area (Å²) in [4.78, 5) is 29.3. The van der Waals surface area contributed by atoms with Crippen molar-refractivity contribution in [1.29, 1.82) is 0 Å². The van der Waals surface area contributed by atoms with E-state index in [1.165, 1.54) is 13.8 Å². The van der Waals surface area contributed by atoms with E-state index in [-0.39, 0.29) is 18.0 Å². The molecule has 4 heteroatoms. The van der Waals surface area contributed by atoms with Gasteiger partial charge in [0.05, 0.1) is 6.42 Å². The molecule has 4 nitrogen and oxygen atoms in total. The van der Waals surface area contributed by atoms with Crippen LogP contribution < -0.4 is 0 Å². The highest BCUT2D eigenvalue weighted by molar-refractivity contribution is 5.96. The predicted octanol–water partition coefficient (Wildman–Crippen LogP) is 0.811. The van der Waals surface area contributed by atoms with Crippen LogP contribution in [-0.4, -0.2) is 22.6 Å². The number of hydrogen-bond donors (Lipinski definition) is 1. The lowest BCUT2D eigenvalue weighted by Crippen LogP contribution is -1.97. The number of carbonyl (C=O) groups excluding carboxylic acids is 2. The molecule has 0 bridgehead atoms. The van der Waals surface area contributed by atoms with Crippen LogP contribution in [0, 0.1) is 0 Å². The molecule has 0 heterocycles. The quantitative estimate of drug-likeness (QED) is 0.505. The van der Waals surface area contributed by atoms with Gasteiger partial charge < -0.3 is 5.11 Å². The summed E-state index contributed by atoms with van der Waals surface area (Å²) in [7, 11) is 0. The van der Waals surface area contributed by atoms with Crippen molar-refractivity contribution in [3.05, 3.63) is 12.7 Å². The van der Waals surface area contributed by atoms with E-state index in [2.05, 4.69) is 6.58 Å². The number of carbonyl (C=O) groups is 3. The van der Waals surface area contributed by atoms with Gasteiger partial charge in [0.25, 0.3) is 0 Å². The van der Waals surface area contributed by atoms with Crippen molar-refractivity contribution in [1.82, 2.24) is 0 Å². The number of aliphatic carboxylic acids is 1. The van der Waals surface area contributed by atoms with Crippen molar-refractivity contribution < 1.29 is 19.5 Å². The molecular formula is C8H12O4. The zero-order chi connectivity index (χ0) is 10.1. The van der Waals surface area contributed by atoms with E-state index in [0.717, 1.165) is 6.08 Å². The summed E-state index contributed by atoms with van der Waals surface area (Å²) in [5.74, 6) is -1.11. The van der Waals surface area contributed by atoms with Crippen LogP contribution in [0.1, 0.15) is 20.3 Å². The molecular weight excluding hydrogens is 160 g/mol. The summed E-state index contributed by atoms with van der Waals surface area (Å²) < 4.78 is 0. The molecule has 0 rings (SSSR count). The van der Waals surface area contributed by atoms with Gasteiger partial charge in [0.1, 0.15) is 11.6 Å². The second-order valence-electron chi connectivity index (χ2n) is 2.12. The first-order valence-corrected chi connectivity index (χ1v) is 3.24. The van der Waals surface area contributed by atoms with E-state index in [1.54, 1.807) is 0 Å². The summed E-state index contributed by atoms with van der Waals surface area (Å²) in [6.45, 7) is 5.77. The molecule has 0 aliphatic carbocycles. The second kappa shape index (κ2) is 7.65. The lowest BCUT2D eigenvalue weighted by molar-refractivity contribution is -0.131. The van der Waals surface area contributed by atoms with Crippen molar-refractivity contribution in [2.45, 2.75) is 20.3 Å². The lowest BCUT2D eigenvalue weighted by atomic mass is 10.2. The van der Waals surface area contributed by atoms with Crippen LogP contribution in [0.15, 0.2) is 12.7 Å². The van der Waals surface area contributed by atoms with E-state index >= 15 is 0 Å². The molecule has 0 aromatic carbocycles. The van der Waals surface area contributed by atoms with Gasteiger partial charge in [-0.3, -0.25) is 9.59 Å². The number of carboxylic acid groups (broad SMARTS) is 1. The van der Waals surface area contributed by atoms with Gasteiger partial charge in [-0.15, -0.1) is 0 Å².